The molecule has 0 fully saturated rings. The van der Waals surface area contributed by atoms with E-state index in [4.69, 9.17) is 19.9 Å². The fourth-order valence-corrected chi connectivity index (χ4v) is 7.92. The minimum atomic E-state index is 0.594. The van der Waals surface area contributed by atoms with E-state index in [9.17, 15) is 0 Å². The summed E-state index contributed by atoms with van der Waals surface area (Å²) >= 11 is 0. The fourth-order valence-electron chi connectivity index (χ4n) is 7.92. The van der Waals surface area contributed by atoms with Gasteiger partial charge in [0.2, 0.25) is 0 Å². The molecule has 0 amide bonds. The van der Waals surface area contributed by atoms with Gasteiger partial charge in [-0.3, -0.25) is 0 Å². The molecule has 0 aliphatic rings. The average Bonchev–Trinajstić information content (AvgIpc) is 3.23. The van der Waals surface area contributed by atoms with Crippen molar-refractivity contribution in [2.24, 2.45) is 0 Å². The Hall–Kier alpha value is -7.44. The zero-order valence-corrected chi connectivity index (χ0v) is 29.0. The number of benzene rings is 6. The predicted molar refractivity (Wildman–Crippen MR) is 222 cm³/mol. The van der Waals surface area contributed by atoms with Crippen LogP contribution in [0.15, 0.2) is 170 Å². The molecule has 2 N–H and O–H groups in total. The zero-order chi connectivity index (χ0) is 35.6. The Balaban J connectivity index is 1.38. The summed E-state index contributed by atoms with van der Waals surface area (Å²) in [5.74, 6) is 0. The van der Waals surface area contributed by atoms with Crippen molar-refractivity contribution in [2.75, 3.05) is 0 Å². The first-order chi connectivity index (χ1) is 26.7. The summed E-state index contributed by atoms with van der Waals surface area (Å²) in [6.07, 6.45) is 0. The third-order valence-electron chi connectivity index (χ3n) is 10.4. The van der Waals surface area contributed by atoms with Crippen molar-refractivity contribution in [1.29, 1.82) is 0 Å². The lowest BCUT2D eigenvalue weighted by Gasteiger charge is -2.14. The second-order valence-corrected chi connectivity index (χ2v) is 13.6. The molecular weight excluding hydrogens is 661 g/mol. The van der Waals surface area contributed by atoms with Gasteiger partial charge in [-0.1, -0.05) is 146 Å². The van der Waals surface area contributed by atoms with Crippen LogP contribution >= 0.6 is 0 Å². The molecule has 0 aliphatic carbocycles. The van der Waals surface area contributed by atoms with Crippen molar-refractivity contribution < 1.29 is 0 Å². The minimum Gasteiger partial charge on any atom is -0.338 e. The molecule has 6 aromatic carbocycles. The highest BCUT2D eigenvalue weighted by Crippen LogP contribution is 2.39. The molecule has 6 heteroatoms. The molecule has 0 unspecified atom stereocenters. The molecule has 6 nitrogen and oxygen atoms in total. The van der Waals surface area contributed by atoms with E-state index < -0.39 is 0 Å². The van der Waals surface area contributed by atoms with Crippen molar-refractivity contribution in [1.82, 2.24) is 29.9 Å². The molecule has 0 spiro atoms. The number of nitrogens with one attached hydrogen (secondary N) is 2. The summed E-state index contributed by atoms with van der Waals surface area (Å²) in [7, 11) is 0. The van der Waals surface area contributed by atoms with Crippen molar-refractivity contribution >= 4 is 66.2 Å². The van der Waals surface area contributed by atoms with Gasteiger partial charge in [0.25, 0.3) is 0 Å². The second-order valence-electron chi connectivity index (χ2n) is 13.6. The van der Waals surface area contributed by atoms with Gasteiger partial charge < -0.3 is 9.97 Å². The minimum absolute atomic E-state index is 0.594. The molecule has 0 radical (unpaired) electrons. The summed E-state index contributed by atoms with van der Waals surface area (Å²) in [6, 6.07) is 59.0. The number of aromatic amines is 2. The summed E-state index contributed by atoms with van der Waals surface area (Å²) in [5, 5.41) is 4.13. The SMILES string of the molecule is c1ccc(-c2cc3nc4cc(-c5ccccc5)c5ccc6c(-c7ccccc7)cc(nc7cc(-c8ccccc8)c8ccc2c(n3)c8[nH]7)nc6c5[nH]4)cc1. The smallest absolute Gasteiger partial charge is 0.155 e. The second kappa shape index (κ2) is 12.1. The Morgan fingerprint density at radius 3 is 0.963 bits per heavy atom. The largest absolute Gasteiger partial charge is 0.338 e. The van der Waals surface area contributed by atoms with Crippen LogP contribution < -0.4 is 0 Å². The third-order valence-corrected chi connectivity index (χ3v) is 10.4. The van der Waals surface area contributed by atoms with Gasteiger partial charge in [0.15, 0.2) is 11.3 Å². The van der Waals surface area contributed by atoms with Crippen LogP contribution in [0.25, 0.3) is 111 Å². The molecule has 11 aromatic rings. The number of hydrogen-bond acceptors (Lipinski definition) is 4. The summed E-state index contributed by atoms with van der Waals surface area (Å²) in [4.78, 5) is 28.7. The van der Waals surface area contributed by atoms with Crippen LogP contribution in [0.1, 0.15) is 0 Å². The van der Waals surface area contributed by atoms with E-state index in [1.165, 1.54) is 0 Å². The first-order valence-electron chi connectivity index (χ1n) is 18.1. The molecule has 252 valence electrons. The normalized spacial score (nSPS) is 11.7. The van der Waals surface area contributed by atoms with Crippen LogP contribution in [0.2, 0.25) is 0 Å². The van der Waals surface area contributed by atoms with E-state index in [-0.39, 0.29) is 0 Å². The van der Waals surface area contributed by atoms with E-state index in [0.717, 1.165) is 88.1 Å². The van der Waals surface area contributed by atoms with Crippen LogP contribution in [-0.2, 0) is 0 Å². The van der Waals surface area contributed by atoms with Crippen molar-refractivity contribution in [3.05, 3.63) is 170 Å². The Kier molecular flexibility index (Phi) is 6.75. The molecule has 8 bridgehead atoms. The molecule has 0 aliphatic heterocycles. The maximum Gasteiger partial charge on any atom is 0.155 e. The van der Waals surface area contributed by atoms with Crippen molar-refractivity contribution in [3.63, 3.8) is 0 Å². The Morgan fingerprint density at radius 2 is 0.611 bits per heavy atom. The van der Waals surface area contributed by atoms with Crippen LogP contribution in [-0.4, -0.2) is 29.9 Å². The Labute approximate surface area is 309 Å². The zero-order valence-electron chi connectivity index (χ0n) is 29.0. The van der Waals surface area contributed by atoms with Crippen LogP contribution in [0, 0.1) is 0 Å². The molecule has 5 heterocycles. The molecule has 0 saturated heterocycles. The van der Waals surface area contributed by atoms with Crippen LogP contribution in [0.4, 0.5) is 0 Å². The van der Waals surface area contributed by atoms with Gasteiger partial charge in [-0.15, -0.1) is 0 Å². The fraction of sp³-hybridized carbons (Fsp3) is 0. The van der Waals surface area contributed by atoms with Gasteiger partial charge in [-0.05, 0) is 68.8 Å². The van der Waals surface area contributed by atoms with E-state index in [2.05, 4.69) is 156 Å². The standard InChI is InChI=1S/C48H30N6/c1-5-13-29(14-6-1)37-25-41-49-42-26-39(31-17-9-3-10-18-31)35-23-24-36-40(32-19-11-4-12-20-32)28-44(54-48(36)47(35)53-42)50-43-27-38(30-15-7-2-8-16-30)34-22-21-33(37)45(51-41)46(34)52-43/h1-28H,(H,49,51,53)(H,50,52,54). The average molecular weight is 691 g/mol. The van der Waals surface area contributed by atoms with Gasteiger partial charge >= 0.3 is 0 Å². The lowest BCUT2D eigenvalue weighted by atomic mass is 9.96. The van der Waals surface area contributed by atoms with E-state index in [1.54, 1.807) is 0 Å². The molecule has 0 saturated carbocycles. The van der Waals surface area contributed by atoms with Crippen LogP contribution in [0.5, 0.6) is 0 Å². The lowest BCUT2D eigenvalue weighted by Crippen LogP contribution is -1.96. The molecule has 5 aromatic heterocycles. The quantitative estimate of drug-likeness (QED) is 0.180. The maximum atomic E-state index is 5.32. The molecule has 54 heavy (non-hydrogen) atoms. The lowest BCUT2D eigenvalue weighted by molar-refractivity contribution is 1.28. The molecule has 0 atom stereocenters. The number of rotatable bonds is 4. The summed E-state index contributed by atoms with van der Waals surface area (Å²) in [6.45, 7) is 0. The third kappa shape index (κ3) is 4.96. The highest BCUT2D eigenvalue weighted by Gasteiger charge is 2.17. The number of pyridine rings is 4. The predicted octanol–water partition coefficient (Wildman–Crippen LogP) is 12.1. The van der Waals surface area contributed by atoms with Gasteiger partial charge in [-0.25, -0.2) is 19.9 Å². The highest BCUT2D eigenvalue weighted by atomic mass is 15.0. The monoisotopic (exact) mass is 690 g/mol. The number of hydrogen-bond donors (Lipinski definition) is 2. The molecular formula is C48H30N6. The highest BCUT2D eigenvalue weighted by molar-refractivity contribution is 6.15. The molecule has 11 rings (SSSR count). The van der Waals surface area contributed by atoms with Crippen LogP contribution in [0.3, 0.4) is 0 Å². The Bertz CT molecular complexity index is 2810. The van der Waals surface area contributed by atoms with Crippen molar-refractivity contribution in [3.8, 4) is 44.5 Å². The van der Waals surface area contributed by atoms with Gasteiger partial charge in [0, 0.05) is 21.5 Å². The topological polar surface area (TPSA) is 83.1 Å². The number of H-pyrrole nitrogens is 2. The van der Waals surface area contributed by atoms with Gasteiger partial charge in [0.05, 0.1) is 22.1 Å². The van der Waals surface area contributed by atoms with Gasteiger partial charge in [-0.2, -0.15) is 0 Å². The Morgan fingerprint density at radius 1 is 0.296 bits per heavy atom. The number of fused-ring (bicyclic) bond motifs is 4. The number of aromatic nitrogens is 6. The van der Waals surface area contributed by atoms with E-state index in [0.29, 0.717) is 22.6 Å². The first-order valence-corrected chi connectivity index (χ1v) is 18.1. The first kappa shape index (κ1) is 30.2. The maximum absolute atomic E-state index is 5.32. The van der Waals surface area contributed by atoms with Crippen molar-refractivity contribution in [2.45, 2.75) is 0 Å². The van der Waals surface area contributed by atoms with Gasteiger partial charge in [0.1, 0.15) is 11.3 Å². The summed E-state index contributed by atoms with van der Waals surface area (Å²) in [5.41, 5.74) is 14.5. The van der Waals surface area contributed by atoms with E-state index >= 15 is 0 Å². The summed E-state index contributed by atoms with van der Waals surface area (Å²) < 4.78 is 0. The van der Waals surface area contributed by atoms with E-state index in [1.807, 2.05) is 24.3 Å². The number of nitrogens with zero attached hydrogens (tertiary/aromatic N) is 4.